The highest BCUT2D eigenvalue weighted by Crippen LogP contribution is 2.28. The molecule has 0 unspecified atom stereocenters. The molecule has 0 spiro atoms. The van der Waals surface area contributed by atoms with Crippen molar-refractivity contribution in [3.63, 3.8) is 0 Å². The van der Waals surface area contributed by atoms with Crippen molar-refractivity contribution >= 4 is 43.1 Å². The number of aromatic nitrogens is 2. The second kappa shape index (κ2) is 5.35. The van der Waals surface area contributed by atoms with Gasteiger partial charge < -0.3 is 0 Å². The van der Waals surface area contributed by atoms with Crippen molar-refractivity contribution in [3.8, 4) is 0 Å². The number of carbonyl (C=O) groups is 1. The van der Waals surface area contributed by atoms with E-state index in [1.807, 2.05) is 20.0 Å². The predicted octanol–water partition coefficient (Wildman–Crippen LogP) is 4.27. The molecule has 3 rings (SSSR count). The second-order valence-corrected chi connectivity index (χ2v) is 6.74. The van der Waals surface area contributed by atoms with Crippen molar-refractivity contribution < 1.29 is 9.18 Å². The van der Waals surface area contributed by atoms with Gasteiger partial charge in [-0.2, -0.15) is 5.10 Å². The third-order valence-electron chi connectivity index (χ3n) is 3.35. The van der Waals surface area contributed by atoms with Gasteiger partial charge in [0.25, 0.3) is 0 Å². The minimum Gasteiger partial charge on any atom is -0.293 e. The van der Waals surface area contributed by atoms with E-state index >= 15 is 0 Å². The Labute approximate surface area is 133 Å². The van der Waals surface area contributed by atoms with Crippen LogP contribution >= 0.6 is 27.3 Å². The van der Waals surface area contributed by atoms with Crippen LogP contribution in [0.2, 0.25) is 0 Å². The fraction of sp³-hybridized carbons (Fsp3) is 0.200. The van der Waals surface area contributed by atoms with E-state index in [4.69, 9.17) is 0 Å². The first kappa shape index (κ1) is 14.4. The summed E-state index contributed by atoms with van der Waals surface area (Å²) in [5.41, 5.74) is 1.71. The zero-order chi connectivity index (χ0) is 15.1. The number of fused-ring (bicyclic) bond motifs is 1. The Morgan fingerprint density at radius 3 is 2.86 bits per heavy atom. The lowest BCUT2D eigenvalue weighted by molar-refractivity contribution is 0.0994. The minimum absolute atomic E-state index is 0.0142. The number of hydrogen-bond acceptors (Lipinski definition) is 3. The molecule has 0 aliphatic carbocycles. The molecule has 6 heteroatoms. The number of thiophene rings is 1. The summed E-state index contributed by atoms with van der Waals surface area (Å²) in [5.74, 6) is -0.270. The quantitative estimate of drug-likeness (QED) is 0.648. The molecule has 0 fully saturated rings. The number of aryl methyl sites for hydroxylation is 2. The maximum Gasteiger partial charge on any atom is 0.178 e. The highest BCUT2D eigenvalue weighted by Gasteiger charge is 2.17. The summed E-state index contributed by atoms with van der Waals surface area (Å²) < 4.78 is 16.6. The van der Waals surface area contributed by atoms with Crippen molar-refractivity contribution in [2.45, 2.75) is 13.3 Å². The summed E-state index contributed by atoms with van der Waals surface area (Å²) >= 11 is 4.79. The molecule has 0 saturated carbocycles. The SMILES string of the molecule is Cc1nn(C)c(CC(=O)c2cc3ccc(F)cc3s2)c1Br. The number of ketones is 1. The molecule has 0 amide bonds. The van der Waals surface area contributed by atoms with Crippen LogP contribution in [-0.4, -0.2) is 15.6 Å². The van der Waals surface area contributed by atoms with Gasteiger partial charge in [0.2, 0.25) is 0 Å². The number of Topliss-reactive ketones (excluding diaryl/α,β-unsaturated/α-hetero) is 1. The van der Waals surface area contributed by atoms with Crippen molar-refractivity contribution in [2.75, 3.05) is 0 Å². The molecular formula is C15H12BrFN2OS. The Morgan fingerprint density at radius 1 is 1.43 bits per heavy atom. The van der Waals surface area contributed by atoms with E-state index in [9.17, 15) is 9.18 Å². The van der Waals surface area contributed by atoms with Gasteiger partial charge in [0.15, 0.2) is 5.78 Å². The van der Waals surface area contributed by atoms with Crippen LogP contribution in [0.25, 0.3) is 10.1 Å². The normalized spacial score (nSPS) is 11.2. The van der Waals surface area contributed by atoms with Crippen LogP contribution in [0.15, 0.2) is 28.7 Å². The van der Waals surface area contributed by atoms with E-state index in [1.54, 1.807) is 10.7 Å². The molecule has 2 aromatic heterocycles. The molecule has 3 aromatic rings. The minimum atomic E-state index is -0.284. The number of nitrogens with zero attached hydrogens (tertiary/aromatic N) is 2. The average molecular weight is 367 g/mol. The summed E-state index contributed by atoms with van der Waals surface area (Å²) in [6.45, 7) is 1.89. The first-order valence-electron chi connectivity index (χ1n) is 6.36. The monoisotopic (exact) mass is 366 g/mol. The van der Waals surface area contributed by atoms with E-state index in [2.05, 4.69) is 21.0 Å². The fourth-order valence-corrected chi connectivity index (χ4v) is 3.75. The first-order valence-corrected chi connectivity index (χ1v) is 7.97. The zero-order valence-corrected chi connectivity index (χ0v) is 13.9. The zero-order valence-electron chi connectivity index (χ0n) is 11.5. The Morgan fingerprint density at radius 2 is 2.19 bits per heavy atom. The van der Waals surface area contributed by atoms with Crippen LogP contribution in [0.5, 0.6) is 0 Å². The summed E-state index contributed by atoms with van der Waals surface area (Å²) in [6, 6.07) is 6.38. The largest absolute Gasteiger partial charge is 0.293 e. The number of hydrogen-bond donors (Lipinski definition) is 0. The van der Waals surface area contributed by atoms with Gasteiger partial charge in [-0.3, -0.25) is 9.48 Å². The smallest absolute Gasteiger partial charge is 0.178 e. The number of rotatable bonds is 3. The van der Waals surface area contributed by atoms with Crippen molar-refractivity contribution in [2.24, 2.45) is 7.05 Å². The molecule has 0 bridgehead atoms. The molecule has 0 atom stereocenters. The Bertz CT molecular complexity index is 853. The summed E-state index contributed by atoms with van der Waals surface area (Å²) in [5, 5.41) is 5.18. The number of benzene rings is 1. The average Bonchev–Trinajstić information content (AvgIpc) is 2.95. The van der Waals surface area contributed by atoms with E-state index in [0.29, 0.717) is 4.88 Å². The van der Waals surface area contributed by atoms with Crippen molar-refractivity contribution in [3.05, 3.63) is 50.8 Å². The van der Waals surface area contributed by atoms with Gasteiger partial charge >= 0.3 is 0 Å². The summed E-state index contributed by atoms with van der Waals surface area (Å²) in [4.78, 5) is 13.1. The first-order chi connectivity index (χ1) is 9.95. The topological polar surface area (TPSA) is 34.9 Å². The van der Waals surface area contributed by atoms with Gasteiger partial charge in [0.1, 0.15) is 5.82 Å². The van der Waals surface area contributed by atoms with Crippen LogP contribution in [0, 0.1) is 12.7 Å². The van der Waals surface area contributed by atoms with Gasteiger partial charge in [-0.25, -0.2) is 4.39 Å². The molecule has 0 aliphatic heterocycles. The maximum absolute atomic E-state index is 13.2. The highest BCUT2D eigenvalue weighted by molar-refractivity contribution is 9.10. The Hall–Kier alpha value is -1.53. The van der Waals surface area contributed by atoms with Crippen molar-refractivity contribution in [1.82, 2.24) is 9.78 Å². The third kappa shape index (κ3) is 2.65. The molecule has 108 valence electrons. The van der Waals surface area contributed by atoms with Gasteiger partial charge in [0, 0.05) is 11.7 Å². The summed E-state index contributed by atoms with van der Waals surface area (Å²) in [6.07, 6.45) is 0.271. The molecule has 2 heterocycles. The van der Waals surface area contributed by atoms with Crippen LogP contribution in [0.1, 0.15) is 21.1 Å². The maximum atomic E-state index is 13.2. The predicted molar refractivity (Wildman–Crippen MR) is 85.5 cm³/mol. The molecule has 0 saturated heterocycles. The van der Waals surface area contributed by atoms with Gasteiger partial charge in [-0.15, -0.1) is 11.3 Å². The van der Waals surface area contributed by atoms with E-state index < -0.39 is 0 Å². The number of halogens is 2. The second-order valence-electron chi connectivity index (χ2n) is 4.86. The molecule has 3 nitrogen and oxygen atoms in total. The Kier molecular flexibility index (Phi) is 3.67. The fourth-order valence-electron chi connectivity index (χ4n) is 2.25. The molecule has 1 aromatic carbocycles. The lowest BCUT2D eigenvalue weighted by Gasteiger charge is -2.00. The van der Waals surface area contributed by atoms with Crippen LogP contribution in [0.3, 0.4) is 0 Å². The van der Waals surface area contributed by atoms with Gasteiger partial charge in [0.05, 0.1) is 27.2 Å². The number of carbonyl (C=O) groups excluding carboxylic acids is 1. The van der Waals surface area contributed by atoms with Crippen LogP contribution in [0.4, 0.5) is 4.39 Å². The molecule has 0 radical (unpaired) electrons. The standard InChI is InChI=1S/C15H12BrFN2OS/c1-8-15(16)11(19(2)18-8)7-12(20)14-5-9-3-4-10(17)6-13(9)21-14/h3-6H,7H2,1-2H3. The van der Waals surface area contributed by atoms with Crippen molar-refractivity contribution in [1.29, 1.82) is 0 Å². The van der Waals surface area contributed by atoms with Crippen LogP contribution < -0.4 is 0 Å². The third-order valence-corrected chi connectivity index (χ3v) is 5.52. The lowest BCUT2D eigenvalue weighted by atomic mass is 10.1. The summed E-state index contributed by atoms with van der Waals surface area (Å²) in [7, 11) is 1.82. The van der Waals surface area contributed by atoms with Crippen LogP contribution in [-0.2, 0) is 13.5 Å². The molecule has 21 heavy (non-hydrogen) atoms. The molecule has 0 N–H and O–H groups in total. The van der Waals surface area contributed by atoms with E-state index in [-0.39, 0.29) is 18.0 Å². The highest BCUT2D eigenvalue weighted by atomic mass is 79.9. The van der Waals surface area contributed by atoms with Gasteiger partial charge in [-0.05, 0) is 46.4 Å². The molecule has 0 aliphatic rings. The van der Waals surface area contributed by atoms with Gasteiger partial charge in [-0.1, -0.05) is 6.07 Å². The van der Waals surface area contributed by atoms with E-state index in [1.165, 1.54) is 23.5 Å². The Balaban J connectivity index is 1.93. The molecular weight excluding hydrogens is 355 g/mol. The lowest BCUT2D eigenvalue weighted by Crippen LogP contribution is -2.07. The van der Waals surface area contributed by atoms with E-state index in [0.717, 1.165) is 25.9 Å².